The first-order valence-electron chi connectivity index (χ1n) is 5.83. The van der Waals surface area contributed by atoms with E-state index in [2.05, 4.69) is 29.6 Å². The van der Waals surface area contributed by atoms with Crippen molar-refractivity contribution in [1.82, 2.24) is 4.98 Å². The summed E-state index contributed by atoms with van der Waals surface area (Å²) in [5, 5.41) is 1.26. The predicted molar refractivity (Wildman–Crippen MR) is 66.6 cm³/mol. The van der Waals surface area contributed by atoms with Crippen molar-refractivity contribution in [3.05, 3.63) is 41.9 Å². The number of aromatic amines is 1. The van der Waals surface area contributed by atoms with E-state index in [1.165, 1.54) is 10.9 Å². The molecule has 1 aromatic heterocycles. The number of nitrogens with one attached hydrogen (secondary N) is 1. The fourth-order valence-electron chi connectivity index (χ4n) is 2.70. The van der Waals surface area contributed by atoms with Gasteiger partial charge in [0.2, 0.25) is 5.79 Å². The molecule has 1 radical (unpaired) electrons. The van der Waals surface area contributed by atoms with Crippen LogP contribution in [0.4, 0.5) is 0 Å². The van der Waals surface area contributed by atoms with Crippen LogP contribution in [0.1, 0.15) is 17.7 Å². The highest BCUT2D eigenvalue weighted by Crippen LogP contribution is 2.40. The molecule has 17 heavy (non-hydrogen) atoms. The first-order chi connectivity index (χ1) is 8.30. The summed E-state index contributed by atoms with van der Waals surface area (Å²) in [6, 6.07) is 8.32. The van der Waals surface area contributed by atoms with Crippen molar-refractivity contribution >= 4 is 10.9 Å². The Labute approximate surface area is 101 Å². The minimum atomic E-state index is -0.646. The zero-order valence-electron chi connectivity index (χ0n) is 10.1. The van der Waals surface area contributed by atoms with Crippen molar-refractivity contribution in [2.24, 2.45) is 0 Å². The third kappa shape index (κ3) is 1.43. The third-order valence-electron chi connectivity index (χ3n) is 3.62. The van der Waals surface area contributed by atoms with E-state index in [4.69, 9.17) is 9.47 Å². The molecule has 0 unspecified atom stereocenters. The smallest absolute Gasteiger partial charge is 0.210 e. The maximum atomic E-state index is 5.60. The number of benzene rings is 1. The molecule has 89 valence electrons. The van der Waals surface area contributed by atoms with Gasteiger partial charge >= 0.3 is 0 Å². The van der Waals surface area contributed by atoms with Crippen LogP contribution in [0.5, 0.6) is 0 Å². The normalized spacial score (nSPS) is 18.2. The van der Waals surface area contributed by atoms with Crippen molar-refractivity contribution < 1.29 is 9.47 Å². The molecule has 1 heterocycles. The molecule has 0 saturated heterocycles. The van der Waals surface area contributed by atoms with Crippen molar-refractivity contribution in [3.8, 4) is 0 Å². The predicted octanol–water partition coefficient (Wildman–Crippen LogP) is 2.76. The lowest BCUT2D eigenvalue weighted by Crippen LogP contribution is -2.35. The van der Waals surface area contributed by atoms with Crippen molar-refractivity contribution in [2.45, 2.75) is 18.6 Å². The van der Waals surface area contributed by atoms with E-state index in [0.29, 0.717) is 0 Å². The van der Waals surface area contributed by atoms with Gasteiger partial charge in [0.1, 0.15) is 0 Å². The Morgan fingerprint density at radius 3 is 2.71 bits per heavy atom. The van der Waals surface area contributed by atoms with E-state index in [1.54, 1.807) is 14.2 Å². The molecular weight excluding hydrogens is 214 g/mol. The highest BCUT2D eigenvalue weighted by atomic mass is 16.7. The number of hydrogen-bond donors (Lipinski definition) is 1. The first-order valence-corrected chi connectivity index (χ1v) is 5.83. The minimum absolute atomic E-state index is 0.646. The molecule has 2 aromatic rings. The van der Waals surface area contributed by atoms with E-state index >= 15 is 0 Å². The Kier molecular flexibility index (Phi) is 2.45. The molecule has 3 nitrogen and oxygen atoms in total. The summed E-state index contributed by atoms with van der Waals surface area (Å²) >= 11 is 0. The second kappa shape index (κ2) is 3.86. The minimum Gasteiger partial charge on any atom is -0.354 e. The topological polar surface area (TPSA) is 34.2 Å². The van der Waals surface area contributed by atoms with Gasteiger partial charge < -0.3 is 14.5 Å². The molecule has 0 aliphatic heterocycles. The monoisotopic (exact) mass is 230 g/mol. The van der Waals surface area contributed by atoms with Crippen molar-refractivity contribution in [3.63, 3.8) is 0 Å². The van der Waals surface area contributed by atoms with Gasteiger partial charge in [0, 0.05) is 31.5 Å². The van der Waals surface area contributed by atoms with E-state index < -0.39 is 5.79 Å². The molecule has 3 heteroatoms. The maximum Gasteiger partial charge on any atom is 0.210 e. The van der Waals surface area contributed by atoms with Crippen molar-refractivity contribution in [1.29, 1.82) is 0 Å². The van der Waals surface area contributed by atoms with Gasteiger partial charge in [-0.25, -0.2) is 0 Å². The zero-order chi connectivity index (χ0) is 11.9. The van der Waals surface area contributed by atoms with E-state index in [9.17, 15) is 0 Å². The van der Waals surface area contributed by atoms with Crippen LogP contribution < -0.4 is 0 Å². The second-order valence-electron chi connectivity index (χ2n) is 4.38. The number of hydrogen-bond acceptors (Lipinski definition) is 2. The van der Waals surface area contributed by atoms with E-state index in [1.807, 2.05) is 6.07 Å². The number of methoxy groups -OCH3 is 2. The van der Waals surface area contributed by atoms with Crippen LogP contribution in [-0.4, -0.2) is 19.2 Å². The molecule has 0 bridgehead atoms. The molecule has 0 amide bonds. The molecule has 0 saturated carbocycles. The fraction of sp³-hybridized carbons (Fsp3) is 0.357. The summed E-state index contributed by atoms with van der Waals surface area (Å²) in [6.45, 7) is 0. The molecular formula is C14H16NO2. The molecule has 0 fully saturated rings. The van der Waals surface area contributed by atoms with Crippen molar-refractivity contribution in [2.75, 3.05) is 14.2 Å². The maximum absolute atomic E-state index is 5.60. The Bertz CT molecular complexity index is 540. The fourth-order valence-corrected chi connectivity index (χ4v) is 2.70. The number of H-pyrrole nitrogens is 1. The molecule has 0 spiro atoms. The third-order valence-corrected chi connectivity index (χ3v) is 3.62. The summed E-state index contributed by atoms with van der Waals surface area (Å²) in [7, 11) is 3.38. The SMILES string of the molecule is COC1(OC)C[CH]Cc2c1[nH]c1ccccc21. The van der Waals surface area contributed by atoms with Crippen LogP contribution in [0.25, 0.3) is 10.9 Å². The Morgan fingerprint density at radius 1 is 1.18 bits per heavy atom. The molecule has 1 aliphatic carbocycles. The number of para-hydroxylation sites is 1. The largest absolute Gasteiger partial charge is 0.354 e. The van der Waals surface area contributed by atoms with Crippen LogP contribution in [0.2, 0.25) is 0 Å². The summed E-state index contributed by atoms with van der Waals surface area (Å²) in [5.74, 6) is -0.646. The standard InChI is InChI=1S/C14H16NO2/c1-16-14(17-2)9-5-7-11-10-6-3-4-8-12(10)15-13(11)14/h3-6,8,15H,7,9H2,1-2H3. The first kappa shape index (κ1) is 10.8. The van der Waals surface area contributed by atoms with Crippen LogP contribution >= 0.6 is 0 Å². The Hall–Kier alpha value is -1.32. The molecule has 1 aromatic carbocycles. The van der Waals surface area contributed by atoms with Gasteiger partial charge in [-0.2, -0.15) is 0 Å². The lowest BCUT2D eigenvalue weighted by atomic mass is 9.90. The summed E-state index contributed by atoms with van der Waals surface area (Å²) < 4.78 is 11.2. The molecule has 1 N–H and O–H groups in total. The van der Waals surface area contributed by atoms with Crippen LogP contribution in [-0.2, 0) is 21.7 Å². The zero-order valence-corrected chi connectivity index (χ0v) is 10.1. The summed E-state index contributed by atoms with van der Waals surface area (Å²) in [5.41, 5.74) is 3.49. The summed E-state index contributed by atoms with van der Waals surface area (Å²) in [4.78, 5) is 3.44. The van der Waals surface area contributed by atoms with Gasteiger partial charge in [0.05, 0.1) is 5.69 Å². The molecule has 0 atom stereocenters. The average molecular weight is 230 g/mol. The number of rotatable bonds is 2. The Morgan fingerprint density at radius 2 is 1.94 bits per heavy atom. The van der Waals surface area contributed by atoms with Crippen LogP contribution in [0.15, 0.2) is 24.3 Å². The quantitative estimate of drug-likeness (QED) is 0.805. The van der Waals surface area contributed by atoms with Gasteiger partial charge in [-0.1, -0.05) is 18.2 Å². The van der Waals surface area contributed by atoms with E-state index in [0.717, 1.165) is 24.1 Å². The Balaban J connectivity index is 2.27. The lowest BCUT2D eigenvalue weighted by Gasteiger charge is -2.34. The lowest BCUT2D eigenvalue weighted by molar-refractivity contribution is -0.220. The highest BCUT2D eigenvalue weighted by Gasteiger charge is 2.39. The van der Waals surface area contributed by atoms with Gasteiger partial charge in [-0.15, -0.1) is 0 Å². The highest BCUT2D eigenvalue weighted by molar-refractivity contribution is 5.85. The van der Waals surface area contributed by atoms with Gasteiger partial charge in [0.15, 0.2) is 0 Å². The van der Waals surface area contributed by atoms with Crippen LogP contribution in [0, 0.1) is 6.42 Å². The number of fused-ring (bicyclic) bond motifs is 3. The molecule has 3 rings (SSSR count). The van der Waals surface area contributed by atoms with Gasteiger partial charge in [-0.05, 0) is 24.5 Å². The second-order valence-corrected chi connectivity index (χ2v) is 4.38. The number of aromatic nitrogens is 1. The van der Waals surface area contributed by atoms with E-state index in [-0.39, 0.29) is 0 Å². The van der Waals surface area contributed by atoms with Gasteiger partial charge in [-0.3, -0.25) is 0 Å². The van der Waals surface area contributed by atoms with Crippen LogP contribution in [0.3, 0.4) is 0 Å². The summed E-state index contributed by atoms with van der Waals surface area (Å²) in [6.07, 6.45) is 3.96. The molecule has 1 aliphatic rings. The number of ether oxygens (including phenoxy) is 2. The van der Waals surface area contributed by atoms with Gasteiger partial charge in [0.25, 0.3) is 0 Å². The average Bonchev–Trinajstić information content (AvgIpc) is 2.77.